The Morgan fingerprint density at radius 2 is 2.25 bits per heavy atom. The summed E-state index contributed by atoms with van der Waals surface area (Å²) in [6, 6.07) is 5.07. The topological polar surface area (TPSA) is 66.4 Å². The van der Waals surface area contributed by atoms with E-state index in [-0.39, 0.29) is 12.2 Å². The molecule has 0 fully saturated rings. The van der Waals surface area contributed by atoms with Gasteiger partial charge in [-0.1, -0.05) is 22.0 Å². The lowest BCUT2D eigenvalue weighted by molar-refractivity contribution is -0.139. The van der Waals surface area contributed by atoms with Crippen LogP contribution in [0.5, 0.6) is 0 Å². The second kappa shape index (κ2) is 3.68. The van der Waals surface area contributed by atoms with E-state index in [2.05, 4.69) is 21.2 Å². The maximum absolute atomic E-state index is 11.7. The Kier molecular flexibility index (Phi) is 2.59. The number of amides is 1. The van der Waals surface area contributed by atoms with Crippen molar-refractivity contribution < 1.29 is 14.7 Å². The second-order valence-electron chi connectivity index (χ2n) is 3.88. The number of nitrogens with one attached hydrogen (secondary N) is 1. The van der Waals surface area contributed by atoms with E-state index in [0.29, 0.717) is 11.3 Å². The molecule has 1 aromatic rings. The highest BCUT2D eigenvalue weighted by atomic mass is 79.9. The van der Waals surface area contributed by atoms with Crippen molar-refractivity contribution >= 4 is 33.3 Å². The molecular formula is C11H10BrNO3. The van der Waals surface area contributed by atoms with Gasteiger partial charge < -0.3 is 10.4 Å². The van der Waals surface area contributed by atoms with Gasteiger partial charge in [0.25, 0.3) is 5.91 Å². The Morgan fingerprint density at radius 3 is 2.88 bits per heavy atom. The highest BCUT2D eigenvalue weighted by molar-refractivity contribution is 9.10. The first-order valence-electron chi connectivity index (χ1n) is 4.77. The lowest BCUT2D eigenvalue weighted by Gasteiger charge is -2.18. The fourth-order valence-corrected chi connectivity index (χ4v) is 2.23. The quantitative estimate of drug-likeness (QED) is 0.866. The van der Waals surface area contributed by atoms with Crippen molar-refractivity contribution in [2.45, 2.75) is 18.9 Å². The maximum atomic E-state index is 11.7. The third kappa shape index (κ3) is 1.66. The number of fused-ring (bicyclic) bond motifs is 1. The van der Waals surface area contributed by atoms with Crippen LogP contribution in [0.1, 0.15) is 18.9 Å². The third-order valence-electron chi connectivity index (χ3n) is 2.56. The molecule has 5 heteroatoms. The van der Waals surface area contributed by atoms with Crippen molar-refractivity contribution in [3.8, 4) is 0 Å². The van der Waals surface area contributed by atoms with Gasteiger partial charge in [0.2, 0.25) is 0 Å². The number of carbonyl (C=O) groups excluding carboxylic acids is 2. The molecule has 2 N–H and O–H groups in total. The van der Waals surface area contributed by atoms with E-state index < -0.39 is 11.5 Å². The minimum Gasteiger partial charge on any atom is -0.375 e. The lowest BCUT2D eigenvalue weighted by atomic mass is 9.90. The average Bonchev–Trinajstić information content (AvgIpc) is 2.37. The maximum Gasteiger partial charge on any atom is 0.261 e. The molecule has 1 aliphatic rings. The molecule has 1 aromatic carbocycles. The number of carbonyl (C=O) groups is 2. The SMILES string of the molecule is CC(=O)C[C@]1(O)C(=O)Nc2cc(Br)ccc21. The zero-order valence-electron chi connectivity index (χ0n) is 8.58. The Morgan fingerprint density at radius 1 is 1.56 bits per heavy atom. The van der Waals surface area contributed by atoms with Gasteiger partial charge in [0, 0.05) is 22.1 Å². The molecular weight excluding hydrogens is 274 g/mol. The summed E-state index contributed by atoms with van der Waals surface area (Å²) in [5.74, 6) is -0.774. The molecule has 1 atom stereocenters. The van der Waals surface area contributed by atoms with Crippen molar-refractivity contribution in [1.29, 1.82) is 0 Å². The summed E-state index contributed by atoms with van der Waals surface area (Å²) >= 11 is 3.27. The number of anilines is 1. The van der Waals surface area contributed by atoms with Crippen LogP contribution in [0.3, 0.4) is 0 Å². The predicted molar refractivity (Wildman–Crippen MR) is 62.0 cm³/mol. The molecule has 0 aliphatic carbocycles. The van der Waals surface area contributed by atoms with Crippen LogP contribution in [0.4, 0.5) is 5.69 Å². The Labute approximate surface area is 101 Å². The summed E-state index contributed by atoms with van der Waals surface area (Å²) < 4.78 is 0.804. The van der Waals surface area contributed by atoms with Crippen molar-refractivity contribution in [2.75, 3.05) is 5.32 Å². The van der Waals surface area contributed by atoms with Crippen LogP contribution in [-0.2, 0) is 15.2 Å². The fraction of sp³-hybridized carbons (Fsp3) is 0.273. The first kappa shape index (κ1) is 11.3. The number of ketones is 1. The number of hydrogen-bond donors (Lipinski definition) is 2. The molecule has 0 bridgehead atoms. The molecule has 1 aliphatic heterocycles. The van der Waals surface area contributed by atoms with E-state index >= 15 is 0 Å². The summed E-state index contributed by atoms with van der Waals surface area (Å²) in [4.78, 5) is 22.7. The summed E-state index contributed by atoms with van der Waals surface area (Å²) in [5.41, 5.74) is -0.721. The minimum absolute atomic E-state index is 0.201. The first-order valence-corrected chi connectivity index (χ1v) is 5.56. The number of aliphatic hydroxyl groups is 1. The first-order chi connectivity index (χ1) is 7.43. The van der Waals surface area contributed by atoms with Crippen LogP contribution >= 0.6 is 15.9 Å². The Hall–Kier alpha value is -1.20. The van der Waals surface area contributed by atoms with E-state index in [1.165, 1.54) is 6.92 Å². The van der Waals surface area contributed by atoms with E-state index in [9.17, 15) is 14.7 Å². The zero-order valence-corrected chi connectivity index (χ0v) is 10.2. The molecule has 1 heterocycles. The molecule has 1 amide bonds. The van der Waals surface area contributed by atoms with E-state index in [1.54, 1.807) is 18.2 Å². The molecule has 4 nitrogen and oxygen atoms in total. The highest BCUT2D eigenvalue weighted by Crippen LogP contribution is 2.39. The molecule has 0 radical (unpaired) electrons. The van der Waals surface area contributed by atoms with Gasteiger partial charge >= 0.3 is 0 Å². The zero-order chi connectivity index (χ0) is 11.9. The Balaban J connectivity index is 2.51. The van der Waals surface area contributed by atoms with E-state index in [0.717, 1.165) is 4.47 Å². The average molecular weight is 284 g/mol. The van der Waals surface area contributed by atoms with E-state index in [4.69, 9.17) is 0 Å². The molecule has 84 valence electrons. The third-order valence-corrected chi connectivity index (χ3v) is 3.05. The number of rotatable bonds is 2. The van der Waals surface area contributed by atoms with Gasteiger partial charge in [-0.2, -0.15) is 0 Å². The van der Waals surface area contributed by atoms with Crippen molar-refractivity contribution in [1.82, 2.24) is 0 Å². The number of Topliss-reactive ketones (excluding diaryl/α,β-unsaturated/α-hetero) is 1. The highest BCUT2D eigenvalue weighted by Gasteiger charge is 2.45. The van der Waals surface area contributed by atoms with Crippen LogP contribution in [0.25, 0.3) is 0 Å². The van der Waals surface area contributed by atoms with Crippen LogP contribution < -0.4 is 5.32 Å². The standard InChI is InChI=1S/C11H10BrNO3/c1-6(14)5-11(16)8-3-2-7(12)4-9(8)13-10(11)15/h2-4,16H,5H2,1H3,(H,13,15)/t11-/m1/s1. The van der Waals surface area contributed by atoms with Gasteiger partial charge in [-0.05, 0) is 19.1 Å². The predicted octanol–water partition coefficient (Wildman–Crippen LogP) is 1.57. The van der Waals surface area contributed by atoms with Crippen LogP contribution in [0.15, 0.2) is 22.7 Å². The molecule has 0 aromatic heterocycles. The van der Waals surface area contributed by atoms with Gasteiger partial charge in [0.15, 0.2) is 5.60 Å². The summed E-state index contributed by atoms with van der Waals surface area (Å²) in [5, 5.41) is 12.8. The number of benzene rings is 1. The van der Waals surface area contributed by atoms with Crippen LogP contribution in [0.2, 0.25) is 0 Å². The van der Waals surface area contributed by atoms with Crippen molar-refractivity contribution in [3.05, 3.63) is 28.2 Å². The smallest absolute Gasteiger partial charge is 0.261 e. The van der Waals surface area contributed by atoms with Gasteiger partial charge in [-0.3, -0.25) is 9.59 Å². The van der Waals surface area contributed by atoms with E-state index in [1.807, 2.05) is 0 Å². The molecule has 0 saturated heterocycles. The van der Waals surface area contributed by atoms with Gasteiger partial charge in [0.1, 0.15) is 5.78 Å². The molecule has 0 saturated carbocycles. The monoisotopic (exact) mass is 283 g/mol. The molecule has 2 rings (SSSR count). The second-order valence-corrected chi connectivity index (χ2v) is 4.80. The van der Waals surface area contributed by atoms with Crippen LogP contribution in [0, 0.1) is 0 Å². The summed E-state index contributed by atoms with van der Waals surface area (Å²) in [6.07, 6.45) is -0.201. The van der Waals surface area contributed by atoms with Crippen molar-refractivity contribution in [3.63, 3.8) is 0 Å². The van der Waals surface area contributed by atoms with Crippen molar-refractivity contribution in [2.24, 2.45) is 0 Å². The van der Waals surface area contributed by atoms with Gasteiger partial charge in [-0.25, -0.2) is 0 Å². The lowest BCUT2D eigenvalue weighted by Crippen LogP contribution is -2.35. The van der Waals surface area contributed by atoms with Gasteiger partial charge in [0.05, 0.1) is 0 Å². The summed E-state index contributed by atoms with van der Waals surface area (Å²) in [7, 11) is 0. The minimum atomic E-state index is -1.72. The normalized spacial score (nSPS) is 22.8. The molecule has 0 spiro atoms. The fourth-order valence-electron chi connectivity index (χ4n) is 1.86. The van der Waals surface area contributed by atoms with Crippen LogP contribution in [-0.4, -0.2) is 16.8 Å². The number of hydrogen-bond acceptors (Lipinski definition) is 3. The Bertz CT molecular complexity index is 486. The summed E-state index contributed by atoms with van der Waals surface area (Å²) in [6.45, 7) is 1.35. The molecule has 16 heavy (non-hydrogen) atoms. The largest absolute Gasteiger partial charge is 0.375 e. The molecule has 0 unspecified atom stereocenters. The van der Waals surface area contributed by atoms with Gasteiger partial charge in [-0.15, -0.1) is 0 Å². The number of halogens is 1.